The van der Waals surface area contributed by atoms with Gasteiger partial charge in [0.1, 0.15) is 12.4 Å². The van der Waals surface area contributed by atoms with Crippen LogP contribution in [-0.4, -0.2) is 32.6 Å². The topological polar surface area (TPSA) is 89.2 Å². The molecule has 0 saturated heterocycles. The van der Waals surface area contributed by atoms with Crippen molar-refractivity contribution < 1.29 is 9.53 Å². The number of nitrogens with zero attached hydrogens (tertiary/aromatic N) is 5. The van der Waals surface area contributed by atoms with Crippen molar-refractivity contribution in [2.24, 2.45) is 10.2 Å². The molecule has 0 N–H and O–H groups in total. The molecule has 8 nitrogen and oxygen atoms in total. The minimum absolute atomic E-state index is 0.0744. The van der Waals surface area contributed by atoms with Gasteiger partial charge in [-0.2, -0.15) is 10.2 Å². The number of aromatic nitrogens is 2. The number of halogens is 2. The van der Waals surface area contributed by atoms with Crippen molar-refractivity contribution in [3.05, 3.63) is 104 Å². The maximum atomic E-state index is 13.9. The number of ether oxygens (including phenoxy) is 1. The lowest BCUT2D eigenvalue weighted by Crippen LogP contribution is -2.37. The SMILES string of the molecule is C#CCCC1(CC(=O)N(Cc2cc(Br)ccn2)Cc2cc3ccc(Cl)cc3n(CCOc3ccccc3)c2=O)N=N1. The molecular formula is C31H27BrClN5O3. The van der Waals surface area contributed by atoms with Gasteiger partial charge < -0.3 is 14.2 Å². The average Bonchev–Trinajstić information content (AvgIpc) is 3.73. The zero-order chi connectivity index (χ0) is 28.8. The molecule has 0 saturated carbocycles. The van der Waals surface area contributed by atoms with Gasteiger partial charge in [-0.05, 0) is 47.9 Å². The second-order valence-corrected chi connectivity index (χ2v) is 11.1. The van der Waals surface area contributed by atoms with Crippen LogP contribution in [0.1, 0.15) is 30.5 Å². The molecule has 1 aliphatic heterocycles. The zero-order valence-corrected chi connectivity index (χ0v) is 24.5. The Morgan fingerprint density at radius 2 is 1.90 bits per heavy atom. The van der Waals surface area contributed by atoms with Gasteiger partial charge in [0, 0.05) is 34.1 Å². The number of rotatable bonds is 12. The number of fused-ring (bicyclic) bond motifs is 1. The lowest BCUT2D eigenvalue weighted by molar-refractivity contribution is -0.133. The minimum Gasteiger partial charge on any atom is -0.492 e. The Kier molecular flexibility index (Phi) is 8.81. The van der Waals surface area contributed by atoms with Gasteiger partial charge in [-0.25, -0.2) is 0 Å². The van der Waals surface area contributed by atoms with E-state index >= 15 is 0 Å². The molecule has 1 amide bonds. The van der Waals surface area contributed by atoms with Gasteiger partial charge in [-0.3, -0.25) is 14.6 Å². The van der Waals surface area contributed by atoms with E-state index in [2.05, 4.69) is 37.1 Å². The summed E-state index contributed by atoms with van der Waals surface area (Å²) in [7, 11) is 0. The van der Waals surface area contributed by atoms with Gasteiger partial charge in [0.15, 0.2) is 0 Å². The molecule has 41 heavy (non-hydrogen) atoms. The second-order valence-electron chi connectivity index (χ2n) is 9.77. The summed E-state index contributed by atoms with van der Waals surface area (Å²) < 4.78 is 8.38. The number of terminal acetylenes is 1. The predicted octanol–water partition coefficient (Wildman–Crippen LogP) is 6.39. The number of para-hydroxylation sites is 1. The number of pyridine rings is 2. The molecule has 3 heterocycles. The highest BCUT2D eigenvalue weighted by Crippen LogP contribution is 2.37. The highest BCUT2D eigenvalue weighted by molar-refractivity contribution is 9.10. The van der Waals surface area contributed by atoms with E-state index in [4.69, 9.17) is 22.8 Å². The van der Waals surface area contributed by atoms with Gasteiger partial charge >= 0.3 is 0 Å². The molecule has 1 aliphatic rings. The van der Waals surface area contributed by atoms with Crippen molar-refractivity contribution in [1.82, 2.24) is 14.5 Å². The molecule has 10 heteroatoms. The monoisotopic (exact) mass is 631 g/mol. The molecule has 0 fully saturated rings. The fourth-order valence-electron chi connectivity index (χ4n) is 4.64. The molecule has 2 aromatic carbocycles. The van der Waals surface area contributed by atoms with Crippen molar-refractivity contribution in [2.45, 2.75) is 44.6 Å². The summed E-state index contributed by atoms with van der Waals surface area (Å²) in [5.74, 6) is 3.11. The molecule has 0 atom stereocenters. The fourth-order valence-corrected chi connectivity index (χ4v) is 5.19. The molecule has 4 aromatic rings. The Morgan fingerprint density at radius 3 is 2.63 bits per heavy atom. The maximum Gasteiger partial charge on any atom is 0.256 e. The number of carbonyl (C=O) groups excluding carboxylic acids is 1. The number of hydrogen-bond acceptors (Lipinski definition) is 6. The first-order valence-electron chi connectivity index (χ1n) is 13.1. The van der Waals surface area contributed by atoms with E-state index in [9.17, 15) is 9.59 Å². The van der Waals surface area contributed by atoms with E-state index in [1.165, 1.54) is 0 Å². The summed E-state index contributed by atoms with van der Waals surface area (Å²) in [6.45, 7) is 0.862. The molecule has 0 bridgehead atoms. The Bertz CT molecular complexity index is 1690. The van der Waals surface area contributed by atoms with E-state index < -0.39 is 5.66 Å². The van der Waals surface area contributed by atoms with Crippen LogP contribution in [0.25, 0.3) is 10.9 Å². The Hall–Kier alpha value is -4.00. The van der Waals surface area contributed by atoms with E-state index in [1.54, 1.807) is 27.8 Å². The molecule has 0 spiro atoms. The van der Waals surface area contributed by atoms with E-state index in [-0.39, 0.29) is 37.6 Å². The summed E-state index contributed by atoms with van der Waals surface area (Å²) >= 11 is 9.77. The quantitative estimate of drug-likeness (QED) is 0.170. The third kappa shape index (κ3) is 7.20. The summed E-state index contributed by atoms with van der Waals surface area (Å²) in [5, 5.41) is 9.61. The van der Waals surface area contributed by atoms with Crippen molar-refractivity contribution >= 4 is 44.3 Å². The molecule has 0 unspecified atom stereocenters. The van der Waals surface area contributed by atoms with Crippen LogP contribution in [0, 0.1) is 12.3 Å². The van der Waals surface area contributed by atoms with Gasteiger partial charge in [0.25, 0.3) is 5.56 Å². The summed E-state index contributed by atoms with van der Waals surface area (Å²) in [6.07, 6.45) is 8.14. The summed E-state index contributed by atoms with van der Waals surface area (Å²) in [5.41, 5.74) is 0.823. The number of carbonyl (C=O) groups is 1. The third-order valence-electron chi connectivity index (χ3n) is 6.79. The lowest BCUT2D eigenvalue weighted by Gasteiger charge is -2.24. The third-order valence-corrected chi connectivity index (χ3v) is 7.52. The van der Waals surface area contributed by atoms with Crippen LogP contribution in [0.2, 0.25) is 5.02 Å². The first-order valence-corrected chi connectivity index (χ1v) is 14.3. The molecule has 0 radical (unpaired) electrons. The highest BCUT2D eigenvalue weighted by Gasteiger charge is 2.42. The van der Waals surface area contributed by atoms with Crippen molar-refractivity contribution in [3.8, 4) is 18.1 Å². The van der Waals surface area contributed by atoms with Crippen LogP contribution in [0.4, 0.5) is 0 Å². The Morgan fingerprint density at radius 1 is 1.10 bits per heavy atom. The van der Waals surface area contributed by atoms with Crippen LogP contribution in [0.3, 0.4) is 0 Å². The number of hydrogen-bond donors (Lipinski definition) is 0. The highest BCUT2D eigenvalue weighted by atomic mass is 79.9. The van der Waals surface area contributed by atoms with Crippen LogP contribution in [0.15, 0.2) is 92.4 Å². The van der Waals surface area contributed by atoms with Crippen molar-refractivity contribution in [1.29, 1.82) is 0 Å². The van der Waals surface area contributed by atoms with Gasteiger partial charge in [-0.1, -0.05) is 51.8 Å². The largest absolute Gasteiger partial charge is 0.492 e. The normalized spacial score (nSPS) is 13.1. The first-order chi connectivity index (χ1) is 19.9. The maximum absolute atomic E-state index is 13.9. The van der Waals surface area contributed by atoms with Crippen LogP contribution >= 0.6 is 27.5 Å². The van der Waals surface area contributed by atoms with Gasteiger partial charge in [0.2, 0.25) is 11.6 Å². The van der Waals surface area contributed by atoms with Crippen LogP contribution < -0.4 is 10.3 Å². The minimum atomic E-state index is -0.790. The van der Waals surface area contributed by atoms with Crippen LogP contribution in [0.5, 0.6) is 5.75 Å². The Labute approximate surface area is 251 Å². The average molecular weight is 633 g/mol. The summed E-state index contributed by atoms with van der Waals surface area (Å²) in [6, 6.07) is 20.3. The molecule has 0 aliphatic carbocycles. The molecule has 208 valence electrons. The zero-order valence-electron chi connectivity index (χ0n) is 22.2. The van der Waals surface area contributed by atoms with Gasteiger partial charge in [0.05, 0.1) is 37.3 Å². The predicted molar refractivity (Wildman–Crippen MR) is 162 cm³/mol. The number of amides is 1. The molecule has 2 aromatic heterocycles. The standard InChI is InChI=1S/C31H27BrClN5O3/c1-2-3-12-31(35-36-31)19-29(39)37(21-26-17-24(32)11-13-34-26)20-23-16-22-9-10-25(33)18-28(22)38(30(23)40)14-15-41-27-7-5-4-6-8-27/h1,4-11,13,16-18H,3,12,14-15,19-21H2. The van der Waals surface area contributed by atoms with Crippen molar-refractivity contribution in [2.75, 3.05) is 6.61 Å². The smallest absolute Gasteiger partial charge is 0.256 e. The van der Waals surface area contributed by atoms with E-state index in [0.29, 0.717) is 46.9 Å². The first kappa shape index (κ1) is 28.5. The van der Waals surface area contributed by atoms with Crippen LogP contribution in [-0.2, 0) is 24.4 Å². The fraction of sp³-hybridized carbons (Fsp3) is 0.258. The van der Waals surface area contributed by atoms with E-state index in [1.807, 2.05) is 54.6 Å². The van der Waals surface area contributed by atoms with Crippen molar-refractivity contribution in [3.63, 3.8) is 0 Å². The van der Waals surface area contributed by atoms with Gasteiger partial charge in [-0.15, -0.1) is 12.3 Å². The second kappa shape index (κ2) is 12.7. The molecular weight excluding hydrogens is 606 g/mol. The summed E-state index contributed by atoms with van der Waals surface area (Å²) in [4.78, 5) is 33.6. The lowest BCUT2D eigenvalue weighted by atomic mass is 10.0. The molecule has 5 rings (SSSR count). The van der Waals surface area contributed by atoms with E-state index in [0.717, 1.165) is 9.86 Å². The Balaban J connectivity index is 1.45. The number of benzene rings is 2.